The quantitative estimate of drug-likeness (QED) is 0.823. The lowest BCUT2D eigenvalue weighted by atomic mass is 9.85. The van der Waals surface area contributed by atoms with E-state index in [2.05, 4.69) is 52.2 Å². The van der Waals surface area contributed by atoms with Gasteiger partial charge in [-0.05, 0) is 59.0 Å². The summed E-state index contributed by atoms with van der Waals surface area (Å²) in [5.74, 6) is 0.451. The predicted octanol–water partition coefficient (Wildman–Crippen LogP) is 2.93. The first-order valence-corrected chi connectivity index (χ1v) is 7.46. The van der Waals surface area contributed by atoms with Crippen molar-refractivity contribution in [2.45, 2.75) is 38.3 Å². The minimum Gasteiger partial charge on any atom is -0.396 e. The van der Waals surface area contributed by atoms with Crippen molar-refractivity contribution in [3.63, 3.8) is 0 Å². The van der Waals surface area contributed by atoms with Crippen LogP contribution in [0.1, 0.15) is 31.2 Å². The van der Waals surface area contributed by atoms with Gasteiger partial charge in [-0.15, -0.1) is 0 Å². The second kappa shape index (κ2) is 6.71. The highest BCUT2D eigenvalue weighted by atomic mass is 127. The van der Waals surface area contributed by atoms with Crippen LogP contribution in [0.5, 0.6) is 0 Å². The fraction of sp³-hybridized carbons (Fsp3) is 0.571. The molecule has 0 amide bonds. The van der Waals surface area contributed by atoms with E-state index in [1.807, 2.05) is 0 Å². The molecular weight excluding hydrogens is 325 g/mol. The Morgan fingerprint density at radius 3 is 2.59 bits per heavy atom. The zero-order valence-electron chi connectivity index (χ0n) is 10.0. The van der Waals surface area contributed by atoms with Crippen LogP contribution in [-0.4, -0.2) is 17.8 Å². The lowest BCUT2D eigenvalue weighted by Gasteiger charge is -2.31. The molecule has 0 radical (unpaired) electrons. The number of aliphatic hydroxyl groups excluding tert-OH is 1. The van der Waals surface area contributed by atoms with E-state index in [0.29, 0.717) is 18.6 Å². The molecule has 0 spiro atoms. The summed E-state index contributed by atoms with van der Waals surface area (Å²) in [6, 6.07) is 9.12. The fourth-order valence-corrected chi connectivity index (χ4v) is 2.91. The van der Waals surface area contributed by atoms with Crippen LogP contribution in [0.2, 0.25) is 0 Å². The van der Waals surface area contributed by atoms with E-state index >= 15 is 0 Å². The number of rotatable bonds is 4. The molecule has 0 heterocycles. The van der Waals surface area contributed by atoms with E-state index in [1.165, 1.54) is 34.8 Å². The number of aliphatic hydroxyl groups is 1. The van der Waals surface area contributed by atoms with Crippen molar-refractivity contribution >= 4 is 22.6 Å². The van der Waals surface area contributed by atoms with Gasteiger partial charge in [0.05, 0.1) is 0 Å². The summed E-state index contributed by atoms with van der Waals surface area (Å²) in [6.07, 6.45) is 4.93. The van der Waals surface area contributed by atoms with E-state index in [-0.39, 0.29) is 0 Å². The number of hydrogen-bond acceptors (Lipinski definition) is 2. The zero-order valence-corrected chi connectivity index (χ0v) is 12.2. The molecule has 3 heteroatoms. The normalized spacial score (nSPS) is 24.8. The third-order valence-electron chi connectivity index (χ3n) is 3.63. The van der Waals surface area contributed by atoms with E-state index < -0.39 is 0 Å². The molecule has 17 heavy (non-hydrogen) atoms. The van der Waals surface area contributed by atoms with E-state index in [0.717, 1.165) is 6.54 Å². The smallest absolute Gasteiger partial charge is 0.0474 e. The summed E-state index contributed by atoms with van der Waals surface area (Å²) >= 11 is 2.32. The molecule has 2 N–H and O–H groups in total. The molecule has 2 nitrogen and oxygen atoms in total. The summed E-state index contributed by atoms with van der Waals surface area (Å²) in [7, 11) is 0. The van der Waals surface area contributed by atoms with E-state index in [4.69, 9.17) is 0 Å². The van der Waals surface area contributed by atoms with Crippen molar-refractivity contribution in [3.05, 3.63) is 33.4 Å². The molecule has 1 aliphatic carbocycles. The van der Waals surface area contributed by atoms with Gasteiger partial charge in [0.1, 0.15) is 0 Å². The van der Waals surface area contributed by atoms with Crippen LogP contribution in [-0.2, 0) is 6.54 Å². The Balaban J connectivity index is 1.86. The van der Waals surface area contributed by atoms with Crippen LogP contribution in [0.25, 0.3) is 0 Å². The minimum absolute atomic E-state index is 0.324. The third-order valence-corrected chi connectivity index (χ3v) is 4.34. The number of halogens is 1. The highest BCUT2D eigenvalue weighted by molar-refractivity contribution is 14.1. The maximum absolute atomic E-state index is 9.35. The van der Waals surface area contributed by atoms with Gasteiger partial charge in [-0.1, -0.05) is 25.0 Å². The van der Waals surface area contributed by atoms with Crippen molar-refractivity contribution in [3.8, 4) is 0 Å². The second-order valence-corrected chi connectivity index (χ2v) is 6.09. The molecule has 94 valence electrons. The van der Waals surface area contributed by atoms with Gasteiger partial charge in [0.25, 0.3) is 0 Å². The molecule has 0 bridgehead atoms. The average molecular weight is 345 g/mol. The molecule has 1 aromatic rings. The average Bonchev–Trinajstić information content (AvgIpc) is 2.38. The largest absolute Gasteiger partial charge is 0.396 e. The number of benzene rings is 1. The molecule has 1 saturated carbocycles. The zero-order chi connectivity index (χ0) is 12.1. The van der Waals surface area contributed by atoms with Crippen LogP contribution < -0.4 is 5.32 Å². The van der Waals surface area contributed by atoms with Gasteiger partial charge in [-0.3, -0.25) is 0 Å². The van der Waals surface area contributed by atoms with Gasteiger partial charge in [-0.25, -0.2) is 0 Å². The van der Waals surface area contributed by atoms with Crippen molar-refractivity contribution in [2.24, 2.45) is 5.92 Å². The first-order valence-electron chi connectivity index (χ1n) is 6.38. The highest BCUT2D eigenvalue weighted by Gasteiger charge is 2.23. The third kappa shape index (κ3) is 3.93. The number of hydrogen-bond donors (Lipinski definition) is 2. The van der Waals surface area contributed by atoms with E-state index in [9.17, 15) is 5.11 Å². The highest BCUT2D eigenvalue weighted by Crippen LogP contribution is 2.24. The van der Waals surface area contributed by atoms with Crippen LogP contribution in [0.3, 0.4) is 0 Å². The molecule has 1 aliphatic rings. The Bertz CT molecular complexity index is 339. The first kappa shape index (κ1) is 13.3. The van der Waals surface area contributed by atoms with Crippen molar-refractivity contribution in [2.75, 3.05) is 6.61 Å². The Morgan fingerprint density at radius 1 is 1.18 bits per heavy atom. The van der Waals surface area contributed by atoms with Crippen LogP contribution in [0, 0.1) is 9.49 Å². The van der Waals surface area contributed by atoms with Crippen molar-refractivity contribution < 1.29 is 5.11 Å². The van der Waals surface area contributed by atoms with Crippen LogP contribution in [0.4, 0.5) is 0 Å². The molecular formula is C14H20INO. The summed E-state index contributed by atoms with van der Waals surface area (Å²) in [4.78, 5) is 0. The monoisotopic (exact) mass is 345 g/mol. The van der Waals surface area contributed by atoms with Gasteiger partial charge >= 0.3 is 0 Å². The van der Waals surface area contributed by atoms with Crippen LogP contribution in [0.15, 0.2) is 24.3 Å². The van der Waals surface area contributed by atoms with E-state index in [1.54, 1.807) is 0 Å². The Hall–Kier alpha value is -0.130. The van der Waals surface area contributed by atoms with Crippen molar-refractivity contribution in [1.82, 2.24) is 5.32 Å². The summed E-state index contributed by atoms with van der Waals surface area (Å²) in [5.41, 5.74) is 1.33. The molecule has 0 saturated heterocycles. The Kier molecular flexibility index (Phi) is 5.25. The van der Waals surface area contributed by atoms with Crippen molar-refractivity contribution in [1.29, 1.82) is 0 Å². The molecule has 1 aromatic carbocycles. The standard InChI is InChI=1S/C14H20INO/c15-13-7-5-11(6-8-13)9-16-14-4-2-1-3-12(14)10-17/h5-8,12,14,16-17H,1-4,9-10H2. The minimum atomic E-state index is 0.324. The summed E-state index contributed by atoms with van der Waals surface area (Å²) in [6.45, 7) is 1.24. The number of nitrogens with one attached hydrogen (secondary N) is 1. The lowest BCUT2D eigenvalue weighted by Crippen LogP contribution is -2.39. The SMILES string of the molecule is OCC1CCCCC1NCc1ccc(I)cc1. The van der Waals surface area contributed by atoms with Gasteiger partial charge in [0.2, 0.25) is 0 Å². The molecule has 1 fully saturated rings. The van der Waals surface area contributed by atoms with Crippen LogP contribution >= 0.6 is 22.6 Å². The van der Waals surface area contributed by atoms with Gasteiger partial charge in [0.15, 0.2) is 0 Å². The fourth-order valence-electron chi connectivity index (χ4n) is 2.55. The Morgan fingerprint density at radius 2 is 1.88 bits per heavy atom. The molecule has 2 atom stereocenters. The molecule has 2 unspecified atom stereocenters. The second-order valence-electron chi connectivity index (χ2n) is 4.84. The molecule has 0 aromatic heterocycles. The topological polar surface area (TPSA) is 32.3 Å². The lowest BCUT2D eigenvalue weighted by molar-refractivity contribution is 0.152. The first-order chi connectivity index (χ1) is 8.29. The maximum atomic E-state index is 9.35. The van der Waals surface area contributed by atoms with Gasteiger partial charge < -0.3 is 10.4 Å². The molecule has 0 aliphatic heterocycles. The summed E-state index contributed by atoms with van der Waals surface area (Å²) in [5, 5.41) is 12.9. The predicted molar refractivity (Wildman–Crippen MR) is 78.8 cm³/mol. The molecule has 2 rings (SSSR count). The Labute approximate surface area is 117 Å². The van der Waals surface area contributed by atoms with Gasteiger partial charge in [-0.2, -0.15) is 0 Å². The summed E-state index contributed by atoms with van der Waals surface area (Å²) < 4.78 is 1.28. The van der Waals surface area contributed by atoms with Gasteiger partial charge in [0, 0.05) is 22.8 Å². The maximum Gasteiger partial charge on any atom is 0.0474 e.